The molecule has 6 nitrogen and oxygen atoms in total. The lowest BCUT2D eigenvalue weighted by molar-refractivity contribution is -0.0522. The highest BCUT2D eigenvalue weighted by Crippen LogP contribution is 2.49. The van der Waals surface area contributed by atoms with Crippen LogP contribution in [-0.4, -0.2) is 35.8 Å². The van der Waals surface area contributed by atoms with E-state index in [1.807, 2.05) is 30.3 Å². The smallest absolute Gasteiger partial charge is 0.387 e. The number of hydrogen-bond donors (Lipinski definition) is 3. The third-order valence-electron chi connectivity index (χ3n) is 8.06. The Balaban J connectivity index is 1.62. The maximum Gasteiger partial charge on any atom is 0.387 e. The zero-order chi connectivity index (χ0) is 29.5. The van der Waals surface area contributed by atoms with Crippen LogP contribution in [0.1, 0.15) is 54.1 Å². The highest BCUT2D eigenvalue weighted by Gasteiger charge is 2.45. The van der Waals surface area contributed by atoms with Gasteiger partial charge < -0.3 is 25.6 Å². The Morgan fingerprint density at radius 2 is 1.83 bits per heavy atom. The molecule has 0 saturated heterocycles. The first kappa shape index (κ1) is 29.2. The molecule has 4 N–H and O–H groups in total. The molecule has 3 aromatic rings. The van der Waals surface area contributed by atoms with E-state index in [-0.39, 0.29) is 23.6 Å². The fourth-order valence-corrected chi connectivity index (χ4v) is 6.02. The second-order valence-corrected chi connectivity index (χ2v) is 11.2. The summed E-state index contributed by atoms with van der Waals surface area (Å²) < 4.78 is 68.1. The summed E-state index contributed by atoms with van der Waals surface area (Å²) in [6.07, 6.45) is 2.65. The summed E-state index contributed by atoms with van der Waals surface area (Å²) in [6, 6.07) is 14.0. The minimum atomic E-state index is -3.50. The second kappa shape index (κ2) is 11.2. The molecular weight excluding hydrogens is 564 g/mol. The van der Waals surface area contributed by atoms with Crippen LogP contribution in [0.15, 0.2) is 48.5 Å². The summed E-state index contributed by atoms with van der Waals surface area (Å²) in [6.45, 7) is -1.09. The van der Waals surface area contributed by atoms with Crippen molar-refractivity contribution in [3.63, 3.8) is 0 Å². The molecule has 5 rings (SSSR count). The van der Waals surface area contributed by atoms with Crippen molar-refractivity contribution < 1.29 is 36.9 Å². The predicted octanol–water partition coefficient (Wildman–Crippen LogP) is 6.10. The summed E-state index contributed by atoms with van der Waals surface area (Å²) in [5.74, 6) is -5.12. The number of rotatable bonds is 8. The van der Waals surface area contributed by atoms with Crippen molar-refractivity contribution in [3.8, 4) is 22.6 Å². The Labute approximate surface area is 239 Å². The van der Waals surface area contributed by atoms with Crippen molar-refractivity contribution in [2.75, 3.05) is 6.54 Å². The van der Waals surface area contributed by atoms with E-state index in [1.54, 1.807) is 6.07 Å². The fraction of sp³-hybridized carbons (Fsp3) is 0.367. The van der Waals surface area contributed by atoms with Gasteiger partial charge in [-0.2, -0.15) is 8.78 Å². The molecule has 1 fully saturated rings. The lowest BCUT2D eigenvalue weighted by Gasteiger charge is -2.40. The van der Waals surface area contributed by atoms with Gasteiger partial charge in [-0.1, -0.05) is 54.1 Å². The Hall–Kier alpha value is -3.34. The largest absolute Gasteiger partial charge is 0.481 e. The number of hydrogen-bond acceptors (Lipinski definition) is 5. The van der Waals surface area contributed by atoms with Gasteiger partial charge in [-0.3, -0.25) is 4.79 Å². The van der Waals surface area contributed by atoms with E-state index < -0.39 is 51.7 Å². The van der Waals surface area contributed by atoms with Crippen LogP contribution in [0.4, 0.5) is 17.6 Å². The molecule has 1 heterocycles. The molecule has 1 saturated carbocycles. The van der Waals surface area contributed by atoms with Crippen molar-refractivity contribution in [1.29, 1.82) is 0 Å². The summed E-state index contributed by atoms with van der Waals surface area (Å²) in [5, 5.41) is 12.5. The molecular formula is C30H29ClF4N2O4. The quantitative estimate of drug-likeness (QED) is 0.217. The van der Waals surface area contributed by atoms with Gasteiger partial charge in [0.2, 0.25) is 0 Å². The summed E-state index contributed by atoms with van der Waals surface area (Å²) in [4.78, 5) is 12.3. The fourth-order valence-electron chi connectivity index (χ4n) is 5.80. The van der Waals surface area contributed by atoms with Crippen LogP contribution in [-0.2, 0) is 12.0 Å². The first-order valence-corrected chi connectivity index (χ1v) is 13.6. The molecule has 1 amide bonds. The van der Waals surface area contributed by atoms with Crippen LogP contribution in [0, 0.1) is 11.6 Å². The number of amides is 1. The van der Waals surface area contributed by atoms with E-state index >= 15 is 8.78 Å². The number of aliphatic hydroxyl groups excluding tert-OH is 1. The Bertz CT molecular complexity index is 1460. The van der Waals surface area contributed by atoms with E-state index in [0.717, 1.165) is 18.4 Å². The zero-order valence-electron chi connectivity index (χ0n) is 22.2. The molecule has 0 bridgehead atoms. The molecule has 2 aliphatic rings. The van der Waals surface area contributed by atoms with E-state index in [2.05, 4.69) is 17.0 Å². The highest BCUT2D eigenvalue weighted by atomic mass is 35.5. The molecule has 11 heteroatoms. The average molecular weight is 593 g/mol. The van der Waals surface area contributed by atoms with Gasteiger partial charge >= 0.3 is 6.61 Å². The summed E-state index contributed by atoms with van der Waals surface area (Å²) in [7, 11) is 0. The molecule has 0 spiro atoms. The van der Waals surface area contributed by atoms with Gasteiger partial charge in [0, 0.05) is 29.6 Å². The maximum atomic E-state index is 15.8. The molecule has 41 heavy (non-hydrogen) atoms. The number of primary amides is 1. The Morgan fingerprint density at radius 1 is 1.15 bits per heavy atom. The molecule has 218 valence electrons. The molecule has 0 aromatic heterocycles. The standard InChI is InChI=1S/C30H29ClF4N2O4/c1-29(12-10-17(38)11-13-29)37-15-30(16-6-3-2-4-7-16)14-19-18(8-5-9-20(19)41-30)21-22(27(36)39)24(32)23(31)26(25(21)33)40-28(34)35/h2-9,17,28,37-38H,10-15H2,1H3,(H2,36,39)/t17?,29?,30-/m1/s1. The third-order valence-corrected chi connectivity index (χ3v) is 8.40. The van der Waals surface area contributed by atoms with Gasteiger partial charge in [0.1, 0.15) is 10.8 Å². The van der Waals surface area contributed by atoms with Crippen LogP contribution in [0.5, 0.6) is 11.5 Å². The van der Waals surface area contributed by atoms with Crippen molar-refractivity contribution in [2.45, 2.75) is 62.9 Å². The van der Waals surface area contributed by atoms with Crippen LogP contribution in [0.2, 0.25) is 5.02 Å². The van der Waals surface area contributed by atoms with Crippen LogP contribution in [0.25, 0.3) is 11.1 Å². The lowest BCUT2D eigenvalue weighted by Crippen LogP contribution is -2.53. The average Bonchev–Trinajstić information content (AvgIpc) is 3.34. The van der Waals surface area contributed by atoms with Crippen molar-refractivity contribution in [1.82, 2.24) is 5.32 Å². The number of halogens is 5. The first-order valence-electron chi connectivity index (χ1n) is 13.2. The SMILES string of the molecule is CC1(NC[C@@]2(c3ccccc3)Cc3c(cccc3-c3c(F)c(OC(F)F)c(Cl)c(F)c3C(N)=O)O2)CCC(O)CC1. The first-order chi connectivity index (χ1) is 19.4. The van der Waals surface area contributed by atoms with Crippen LogP contribution in [0.3, 0.4) is 0 Å². The second-order valence-electron chi connectivity index (χ2n) is 10.8. The molecule has 1 aliphatic heterocycles. The van der Waals surface area contributed by atoms with Gasteiger partial charge in [0.25, 0.3) is 5.91 Å². The normalized spacial score (nSPS) is 23.8. The van der Waals surface area contributed by atoms with Gasteiger partial charge in [0.15, 0.2) is 23.0 Å². The molecule has 1 aliphatic carbocycles. The van der Waals surface area contributed by atoms with Gasteiger partial charge in [-0.25, -0.2) is 8.78 Å². The van der Waals surface area contributed by atoms with E-state index in [0.29, 0.717) is 30.7 Å². The lowest BCUT2D eigenvalue weighted by atomic mass is 9.80. The topological polar surface area (TPSA) is 93.8 Å². The number of nitrogens with one attached hydrogen (secondary N) is 1. The maximum absolute atomic E-state index is 15.8. The number of ether oxygens (including phenoxy) is 2. The number of fused-ring (bicyclic) bond motifs is 1. The monoisotopic (exact) mass is 592 g/mol. The van der Waals surface area contributed by atoms with E-state index in [9.17, 15) is 18.7 Å². The minimum Gasteiger partial charge on any atom is -0.481 e. The van der Waals surface area contributed by atoms with E-state index in [4.69, 9.17) is 22.1 Å². The predicted molar refractivity (Wildman–Crippen MR) is 145 cm³/mol. The van der Waals surface area contributed by atoms with Crippen LogP contribution >= 0.6 is 11.6 Å². The molecule has 0 radical (unpaired) electrons. The molecule has 0 unspecified atom stereocenters. The van der Waals surface area contributed by atoms with Gasteiger partial charge in [-0.15, -0.1) is 0 Å². The number of alkyl halides is 2. The number of carbonyl (C=O) groups excluding carboxylic acids is 1. The third kappa shape index (κ3) is 5.48. The molecule has 1 atom stereocenters. The van der Waals surface area contributed by atoms with E-state index in [1.165, 1.54) is 12.1 Å². The van der Waals surface area contributed by atoms with Crippen molar-refractivity contribution in [2.24, 2.45) is 5.73 Å². The Morgan fingerprint density at radius 3 is 2.46 bits per heavy atom. The van der Waals surface area contributed by atoms with Crippen LogP contribution < -0.4 is 20.5 Å². The summed E-state index contributed by atoms with van der Waals surface area (Å²) in [5.41, 5.74) is 3.93. The highest BCUT2D eigenvalue weighted by molar-refractivity contribution is 6.33. The van der Waals surface area contributed by atoms with Gasteiger partial charge in [-0.05, 0) is 49.8 Å². The number of carbonyl (C=O) groups is 1. The number of aliphatic hydroxyl groups is 1. The number of nitrogens with two attached hydrogens (primary N) is 1. The molecule has 3 aromatic carbocycles. The minimum absolute atomic E-state index is 0.0355. The Kier molecular flexibility index (Phi) is 7.93. The van der Waals surface area contributed by atoms with Crippen molar-refractivity contribution in [3.05, 3.63) is 81.9 Å². The van der Waals surface area contributed by atoms with Gasteiger partial charge in [0.05, 0.1) is 11.7 Å². The summed E-state index contributed by atoms with van der Waals surface area (Å²) >= 11 is 5.80. The zero-order valence-corrected chi connectivity index (χ0v) is 22.9. The van der Waals surface area contributed by atoms with Crippen molar-refractivity contribution >= 4 is 17.5 Å². The number of benzene rings is 3.